The van der Waals surface area contributed by atoms with E-state index in [-0.39, 0.29) is 0 Å². The van der Waals surface area contributed by atoms with E-state index in [0.29, 0.717) is 10.9 Å². The van der Waals surface area contributed by atoms with E-state index < -0.39 is 0 Å². The molecule has 0 aliphatic rings. The van der Waals surface area contributed by atoms with Crippen LogP contribution in [-0.4, -0.2) is 4.98 Å². The van der Waals surface area contributed by atoms with E-state index in [2.05, 4.69) is 20.9 Å². The summed E-state index contributed by atoms with van der Waals surface area (Å²) in [5.41, 5.74) is 3.63. The number of hydrogen-bond acceptors (Lipinski definition) is 2. The number of fused-ring (bicyclic) bond motifs is 1. The molecule has 3 rings (SSSR count). The second kappa shape index (κ2) is 4.41. The minimum atomic E-state index is 0.614. The summed E-state index contributed by atoms with van der Waals surface area (Å²) in [5.74, 6) is 0.614. The van der Waals surface area contributed by atoms with Gasteiger partial charge in [0.1, 0.15) is 5.52 Å². The summed E-state index contributed by atoms with van der Waals surface area (Å²) in [6.07, 6.45) is 0. The zero-order chi connectivity index (χ0) is 12.7. The van der Waals surface area contributed by atoms with Crippen molar-refractivity contribution in [2.75, 3.05) is 0 Å². The van der Waals surface area contributed by atoms with Crippen LogP contribution in [0.4, 0.5) is 0 Å². The molecule has 0 saturated carbocycles. The zero-order valence-corrected chi connectivity index (χ0v) is 11.9. The Kier molecular flexibility index (Phi) is 2.88. The minimum absolute atomic E-state index is 0.614. The Labute approximate surface area is 118 Å². The lowest BCUT2D eigenvalue weighted by Gasteiger charge is -1.99. The lowest BCUT2D eigenvalue weighted by molar-refractivity contribution is 0.620. The molecule has 2 nitrogen and oxygen atoms in total. The van der Waals surface area contributed by atoms with E-state index in [0.717, 1.165) is 26.7 Å². The first-order chi connectivity index (χ1) is 8.63. The summed E-state index contributed by atoms with van der Waals surface area (Å²) in [5, 5.41) is 0.661. The number of oxazole rings is 1. The molecule has 0 saturated heterocycles. The van der Waals surface area contributed by atoms with Crippen LogP contribution in [0.2, 0.25) is 5.02 Å². The molecule has 90 valence electrons. The Morgan fingerprint density at radius 1 is 1.17 bits per heavy atom. The van der Waals surface area contributed by atoms with Gasteiger partial charge in [-0.05, 0) is 48.9 Å². The SMILES string of the molecule is Cc1cc(-c2nc3cc(Cl)ccc3o2)ccc1Br. The number of hydrogen-bond donors (Lipinski definition) is 0. The Morgan fingerprint density at radius 2 is 2.00 bits per heavy atom. The molecule has 0 bridgehead atoms. The van der Waals surface area contributed by atoms with Crippen molar-refractivity contribution in [1.29, 1.82) is 0 Å². The smallest absolute Gasteiger partial charge is 0.227 e. The van der Waals surface area contributed by atoms with E-state index in [1.54, 1.807) is 12.1 Å². The molecular formula is C14H9BrClNO. The summed E-state index contributed by atoms with van der Waals surface area (Å²) in [4.78, 5) is 4.45. The van der Waals surface area contributed by atoms with Crippen molar-refractivity contribution in [3.63, 3.8) is 0 Å². The van der Waals surface area contributed by atoms with Gasteiger partial charge in [0.15, 0.2) is 5.58 Å². The van der Waals surface area contributed by atoms with Gasteiger partial charge in [0.25, 0.3) is 0 Å². The third-order valence-corrected chi connectivity index (χ3v) is 3.88. The highest BCUT2D eigenvalue weighted by Gasteiger charge is 2.09. The fraction of sp³-hybridized carbons (Fsp3) is 0.0714. The molecule has 0 fully saturated rings. The maximum Gasteiger partial charge on any atom is 0.227 e. The first-order valence-electron chi connectivity index (χ1n) is 5.46. The Bertz CT molecular complexity index is 736. The molecule has 3 aromatic rings. The summed E-state index contributed by atoms with van der Waals surface area (Å²) in [6, 6.07) is 11.4. The quantitative estimate of drug-likeness (QED) is 0.614. The van der Waals surface area contributed by atoms with Crippen LogP contribution in [0.5, 0.6) is 0 Å². The van der Waals surface area contributed by atoms with Gasteiger partial charge in [0.05, 0.1) is 0 Å². The van der Waals surface area contributed by atoms with Gasteiger partial charge in [-0.15, -0.1) is 0 Å². The van der Waals surface area contributed by atoms with E-state index in [9.17, 15) is 0 Å². The van der Waals surface area contributed by atoms with E-state index >= 15 is 0 Å². The maximum atomic E-state index is 5.93. The van der Waals surface area contributed by atoms with Crippen molar-refractivity contribution in [2.24, 2.45) is 0 Å². The predicted octanol–water partition coefficient (Wildman–Crippen LogP) is 5.22. The van der Waals surface area contributed by atoms with Crippen molar-refractivity contribution in [2.45, 2.75) is 6.92 Å². The average molecular weight is 323 g/mol. The summed E-state index contributed by atoms with van der Waals surface area (Å²) >= 11 is 9.41. The topological polar surface area (TPSA) is 26.0 Å². The van der Waals surface area contributed by atoms with Crippen LogP contribution < -0.4 is 0 Å². The summed E-state index contributed by atoms with van der Waals surface area (Å²) < 4.78 is 6.79. The molecule has 0 radical (unpaired) electrons. The fourth-order valence-corrected chi connectivity index (χ4v) is 2.21. The van der Waals surface area contributed by atoms with Crippen LogP contribution in [0, 0.1) is 6.92 Å². The summed E-state index contributed by atoms with van der Waals surface area (Å²) in [7, 11) is 0. The highest BCUT2D eigenvalue weighted by atomic mass is 79.9. The molecule has 0 unspecified atom stereocenters. The van der Waals surface area contributed by atoms with Crippen LogP contribution in [-0.2, 0) is 0 Å². The molecule has 4 heteroatoms. The Balaban J connectivity index is 2.16. The van der Waals surface area contributed by atoms with E-state index in [1.165, 1.54) is 0 Å². The van der Waals surface area contributed by atoms with Gasteiger partial charge in [-0.2, -0.15) is 0 Å². The highest BCUT2D eigenvalue weighted by Crippen LogP contribution is 2.28. The maximum absolute atomic E-state index is 5.93. The van der Waals surface area contributed by atoms with Crippen LogP contribution in [0.15, 0.2) is 45.3 Å². The molecule has 1 aromatic heterocycles. The lowest BCUT2D eigenvalue weighted by Crippen LogP contribution is -1.80. The standard InChI is InChI=1S/C14H9BrClNO/c1-8-6-9(2-4-11(8)15)14-17-12-7-10(16)3-5-13(12)18-14/h2-7H,1H3. The van der Waals surface area contributed by atoms with Gasteiger partial charge in [-0.3, -0.25) is 0 Å². The number of aromatic nitrogens is 1. The zero-order valence-electron chi connectivity index (χ0n) is 9.58. The molecule has 0 spiro atoms. The molecule has 0 aliphatic heterocycles. The van der Waals surface area contributed by atoms with Crippen LogP contribution in [0.1, 0.15) is 5.56 Å². The van der Waals surface area contributed by atoms with Crippen LogP contribution in [0.3, 0.4) is 0 Å². The Morgan fingerprint density at radius 3 is 2.78 bits per heavy atom. The molecule has 1 heterocycles. The second-order valence-corrected chi connectivity index (χ2v) is 5.39. The predicted molar refractivity (Wildman–Crippen MR) is 76.9 cm³/mol. The molecule has 0 aliphatic carbocycles. The van der Waals surface area contributed by atoms with Crippen molar-refractivity contribution in [3.05, 3.63) is 51.5 Å². The number of halogens is 2. The monoisotopic (exact) mass is 321 g/mol. The highest BCUT2D eigenvalue weighted by molar-refractivity contribution is 9.10. The first kappa shape index (κ1) is 11.8. The van der Waals surface area contributed by atoms with Gasteiger partial charge in [0, 0.05) is 15.1 Å². The number of rotatable bonds is 1. The van der Waals surface area contributed by atoms with Crippen LogP contribution >= 0.6 is 27.5 Å². The van der Waals surface area contributed by atoms with Gasteiger partial charge in [-0.25, -0.2) is 4.98 Å². The third-order valence-electron chi connectivity index (χ3n) is 2.75. The van der Waals surface area contributed by atoms with Gasteiger partial charge in [0.2, 0.25) is 5.89 Å². The third kappa shape index (κ3) is 2.04. The van der Waals surface area contributed by atoms with E-state index in [1.807, 2.05) is 31.2 Å². The number of benzene rings is 2. The molecule has 0 amide bonds. The van der Waals surface area contributed by atoms with Crippen molar-refractivity contribution in [1.82, 2.24) is 4.98 Å². The fourth-order valence-electron chi connectivity index (χ4n) is 1.80. The molecule has 2 aromatic carbocycles. The molecular weight excluding hydrogens is 314 g/mol. The first-order valence-corrected chi connectivity index (χ1v) is 6.63. The number of nitrogens with zero attached hydrogens (tertiary/aromatic N) is 1. The molecule has 18 heavy (non-hydrogen) atoms. The summed E-state index contributed by atoms with van der Waals surface area (Å²) in [6.45, 7) is 2.03. The Hall–Kier alpha value is -1.32. The van der Waals surface area contributed by atoms with Crippen molar-refractivity contribution in [3.8, 4) is 11.5 Å². The van der Waals surface area contributed by atoms with Crippen molar-refractivity contribution < 1.29 is 4.42 Å². The van der Waals surface area contributed by atoms with E-state index in [4.69, 9.17) is 16.0 Å². The van der Waals surface area contributed by atoms with Gasteiger partial charge >= 0.3 is 0 Å². The average Bonchev–Trinajstić information content (AvgIpc) is 2.75. The molecule has 0 atom stereocenters. The van der Waals surface area contributed by atoms with Crippen molar-refractivity contribution >= 4 is 38.6 Å². The van der Waals surface area contributed by atoms with Gasteiger partial charge in [-0.1, -0.05) is 27.5 Å². The van der Waals surface area contributed by atoms with Gasteiger partial charge < -0.3 is 4.42 Å². The van der Waals surface area contributed by atoms with Crippen LogP contribution in [0.25, 0.3) is 22.6 Å². The normalized spacial score (nSPS) is 11.1. The minimum Gasteiger partial charge on any atom is -0.436 e. The lowest BCUT2D eigenvalue weighted by atomic mass is 10.1. The largest absolute Gasteiger partial charge is 0.436 e. The second-order valence-electron chi connectivity index (χ2n) is 4.10. The molecule has 0 N–H and O–H groups in total. The number of aryl methyl sites for hydroxylation is 1.